The molecule has 0 spiro atoms. The molecule has 1 saturated heterocycles. The third-order valence-corrected chi connectivity index (χ3v) is 4.61. The van der Waals surface area contributed by atoms with Crippen LogP contribution >= 0.6 is 12.4 Å². The minimum absolute atomic E-state index is 0. The minimum Gasteiger partial charge on any atom is -0.366 e. The highest BCUT2D eigenvalue weighted by atomic mass is 35.5. The van der Waals surface area contributed by atoms with Crippen molar-refractivity contribution in [1.82, 2.24) is 29.7 Å². The summed E-state index contributed by atoms with van der Waals surface area (Å²) < 4.78 is 55.2. The highest BCUT2D eigenvalue weighted by Gasteiger charge is 2.38. The first-order valence-corrected chi connectivity index (χ1v) is 9.08. The van der Waals surface area contributed by atoms with E-state index in [0.717, 1.165) is 10.9 Å². The molecule has 14 heteroatoms. The number of hydrogen-bond acceptors (Lipinski definition) is 6. The third kappa shape index (κ3) is 4.88. The number of rotatable bonds is 4. The summed E-state index contributed by atoms with van der Waals surface area (Å²) in [6, 6.07) is 1.43. The van der Waals surface area contributed by atoms with Crippen molar-refractivity contribution < 1.29 is 22.4 Å². The Kier molecular flexibility index (Phi) is 6.36. The number of anilines is 2. The van der Waals surface area contributed by atoms with Crippen LogP contribution in [0.3, 0.4) is 0 Å². The smallest absolute Gasteiger partial charge is 0.366 e. The van der Waals surface area contributed by atoms with Crippen LogP contribution in [0.15, 0.2) is 24.7 Å². The second-order valence-electron chi connectivity index (χ2n) is 6.99. The van der Waals surface area contributed by atoms with Gasteiger partial charge in [-0.3, -0.25) is 9.48 Å². The van der Waals surface area contributed by atoms with Crippen molar-refractivity contribution in [2.45, 2.75) is 24.8 Å². The first-order valence-electron chi connectivity index (χ1n) is 9.08. The average molecular weight is 463 g/mol. The SMILES string of the molecule is Cl.Cn1cc(NC(=O)c2cnn3ccc(N[C@H]4CNC[C@@H](F)C4)nc23)c(C(F)(F)F)n1. The molecule has 9 nitrogen and oxygen atoms in total. The first-order chi connectivity index (χ1) is 14.2. The van der Waals surface area contributed by atoms with Gasteiger partial charge >= 0.3 is 6.18 Å². The van der Waals surface area contributed by atoms with Crippen LogP contribution in [0.4, 0.5) is 29.1 Å². The van der Waals surface area contributed by atoms with Crippen molar-refractivity contribution in [1.29, 1.82) is 0 Å². The number of alkyl halides is 4. The lowest BCUT2D eigenvalue weighted by Crippen LogP contribution is -2.44. The lowest BCUT2D eigenvalue weighted by molar-refractivity contribution is -0.140. The Bertz CT molecular complexity index is 1080. The normalized spacial score (nSPS) is 19.1. The predicted octanol–water partition coefficient (Wildman–Crippen LogP) is 2.27. The second-order valence-corrected chi connectivity index (χ2v) is 6.99. The largest absolute Gasteiger partial charge is 0.437 e. The Morgan fingerprint density at radius 2 is 2.10 bits per heavy atom. The fourth-order valence-corrected chi connectivity index (χ4v) is 3.30. The lowest BCUT2D eigenvalue weighted by Gasteiger charge is -2.26. The van der Waals surface area contributed by atoms with E-state index < -0.39 is 29.6 Å². The van der Waals surface area contributed by atoms with Crippen LogP contribution in [-0.2, 0) is 13.2 Å². The van der Waals surface area contributed by atoms with Crippen molar-refractivity contribution in [2.75, 3.05) is 23.7 Å². The standard InChI is InChI=1S/C17H18F4N8O.ClH/c1-28-8-12(14(27-28)17(19,20)21)25-16(30)11-7-23-29-3-2-13(26-15(11)29)24-10-4-9(18)5-22-6-10;/h2-3,7-10,22H,4-6H2,1H3,(H,24,26)(H,25,30);1H/t9-,10+;/m0./s1. The van der Waals surface area contributed by atoms with E-state index in [-0.39, 0.29) is 29.7 Å². The van der Waals surface area contributed by atoms with Gasteiger partial charge in [0.15, 0.2) is 11.3 Å². The van der Waals surface area contributed by atoms with Crippen LogP contribution in [0, 0.1) is 0 Å². The van der Waals surface area contributed by atoms with Gasteiger partial charge in [-0.25, -0.2) is 13.9 Å². The summed E-state index contributed by atoms with van der Waals surface area (Å²) in [5.74, 6) is -0.411. The molecule has 0 aromatic carbocycles. The molecule has 3 aromatic heterocycles. The van der Waals surface area contributed by atoms with Crippen LogP contribution in [0.5, 0.6) is 0 Å². The van der Waals surface area contributed by atoms with Gasteiger partial charge in [0, 0.05) is 45.0 Å². The van der Waals surface area contributed by atoms with E-state index in [1.807, 2.05) is 0 Å². The van der Waals surface area contributed by atoms with E-state index in [0.29, 0.717) is 25.3 Å². The molecular formula is C17H19ClF4N8O. The van der Waals surface area contributed by atoms with E-state index in [1.165, 1.54) is 17.8 Å². The third-order valence-electron chi connectivity index (χ3n) is 4.61. The Morgan fingerprint density at radius 1 is 1.32 bits per heavy atom. The number of piperidine rings is 1. The maximum atomic E-state index is 13.6. The molecule has 31 heavy (non-hydrogen) atoms. The zero-order valence-corrected chi connectivity index (χ0v) is 17.0. The van der Waals surface area contributed by atoms with E-state index in [9.17, 15) is 22.4 Å². The number of hydrogen-bond donors (Lipinski definition) is 3. The summed E-state index contributed by atoms with van der Waals surface area (Å²) in [6.07, 6.45) is -1.55. The van der Waals surface area contributed by atoms with Crippen LogP contribution in [0.25, 0.3) is 5.65 Å². The van der Waals surface area contributed by atoms with Crippen molar-refractivity contribution in [2.24, 2.45) is 7.05 Å². The molecule has 2 atom stereocenters. The van der Waals surface area contributed by atoms with Gasteiger partial charge in [-0.2, -0.15) is 23.4 Å². The Labute approximate surface area is 179 Å². The molecule has 1 aliphatic heterocycles. The Morgan fingerprint density at radius 3 is 2.81 bits per heavy atom. The van der Waals surface area contributed by atoms with Crippen LogP contribution in [0.1, 0.15) is 22.5 Å². The highest BCUT2D eigenvalue weighted by Crippen LogP contribution is 2.33. The van der Waals surface area contributed by atoms with Gasteiger partial charge in [0.05, 0.1) is 11.9 Å². The first kappa shape index (κ1) is 22.7. The predicted molar refractivity (Wildman–Crippen MR) is 106 cm³/mol. The van der Waals surface area contributed by atoms with Gasteiger partial charge in [0.2, 0.25) is 0 Å². The van der Waals surface area contributed by atoms with Crippen molar-refractivity contribution in [3.8, 4) is 0 Å². The molecule has 0 radical (unpaired) electrons. The van der Waals surface area contributed by atoms with Gasteiger partial charge in [0.1, 0.15) is 17.6 Å². The van der Waals surface area contributed by atoms with Gasteiger partial charge < -0.3 is 16.0 Å². The molecule has 4 rings (SSSR count). The maximum absolute atomic E-state index is 13.6. The number of halogens is 5. The number of nitrogens with zero attached hydrogens (tertiary/aromatic N) is 5. The van der Waals surface area contributed by atoms with Crippen LogP contribution < -0.4 is 16.0 Å². The summed E-state index contributed by atoms with van der Waals surface area (Å²) in [5, 5.41) is 15.6. The number of amides is 1. The van der Waals surface area contributed by atoms with Crippen molar-refractivity contribution >= 4 is 35.5 Å². The van der Waals surface area contributed by atoms with Gasteiger partial charge in [-0.05, 0) is 6.07 Å². The van der Waals surface area contributed by atoms with Crippen molar-refractivity contribution in [3.05, 3.63) is 35.9 Å². The summed E-state index contributed by atoms with van der Waals surface area (Å²) in [5.41, 5.74) is -1.53. The topological polar surface area (TPSA) is 101 Å². The molecule has 1 aliphatic rings. The van der Waals surface area contributed by atoms with Gasteiger partial charge in [0.25, 0.3) is 5.91 Å². The van der Waals surface area contributed by atoms with E-state index in [1.54, 1.807) is 12.3 Å². The number of carbonyl (C=O) groups is 1. The molecule has 0 saturated carbocycles. The van der Waals surface area contributed by atoms with E-state index in [2.05, 4.69) is 31.1 Å². The fourth-order valence-electron chi connectivity index (χ4n) is 3.30. The fraction of sp³-hybridized carbons (Fsp3) is 0.412. The quantitative estimate of drug-likeness (QED) is 0.514. The van der Waals surface area contributed by atoms with Crippen molar-refractivity contribution in [3.63, 3.8) is 0 Å². The minimum atomic E-state index is -4.72. The molecule has 0 aliphatic carbocycles. The molecule has 0 bridgehead atoms. The van der Waals surface area contributed by atoms with Gasteiger partial charge in [-0.15, -0.1) is 12.4 Å². The molecule has 1 fully saturated rings. The summed E-state index contributed by atoms with van der Waals surface area (Å²) in [4.78, 5) is 17.0. The average Bonchev–Trinajstić information content (AvgIpc) is 3.24. The number of nitrogens with one attached hydrogen (secondary N) is 3. The Balaban J connectivity index is 0.00000272. The maximum Gasteiger partial charge on any atom is 0.437 e. The molecule has 3 aromatic rings. The molecule has 0 unspecified atom stereocenters. The number of aryl methyl sites for hydroxylation is 1. The zero-order valence-electron chi connectivity index (χ0n) is 16.1. The summed E-state index contributed by atoms with van der Waals surface area (Å²) in [7, 11) is 1.32. The second kappa shape index (κ2) is 8.67. The van der Waals surface area contributed by atoms with E-state index >= 15 is 0 Å². The van der Waals surface area contributed by atoms with Crippen LogP contribution in [0.2, 0.25) is 0 Å². The van der Waals surface area contributed by atoms with Crippen LogP contribution in [-0.4, -0.2) is 55.6 Å². The zero-order chi connectivity index (χ0) is 21.5. The number of aromatic nitrogens is 5. The van der Waals surface area contributed by atoms with E-state index in [4.69, 9.17) is 0 Å². The molecule has 3 N–H and O–H groups in total. The summed E-state index contributed by atoms with van der Waals surface area (Å²) >= 11 is 0. The number of fused-ring (bicyclic) bond motifs is 1. The molecule has 1 amide bonds. The lowest BCUT2D eigenvalue weighted by atomic mass is 10.1. The van der Waals surface area contributed by atoms with Gasteiger partial charge in [-0.1, -0.05) is 0 Å². The monoisotopic (exact) mass is 462 g/mol. The number of carbonyl (C=O) groups excluding carboxylic acids is 1. The summed E-state index contributed by atoms with van der Waals surface area (Å²) in [6.45, 7) is 0.854. The molecule has 4 heterocycles. The molecular weight excluding hydrogens is 444 g/mol. The Hall–Kier alpha value is -2.93. The molecule has 168 valence electrons. The highest BCUT2D eigenvalue weighted by molar-refractivity contribution is 6.08.